The van der Waals surface area contributed by atoms with Gasteiger partial charge in [0.05, 0.1) is 5.56 Å². The van der Waals surface area contributed by atoms with Crippen LogP contribution in [-0.4, -0.2) is 12.6 Å². The molecule has 1 heterocycles. The van der Waals surface area contributed by atoms with Gasteiger partial charge < -0.3 is 10.6 Å². The normalized spacial score (nSPS) is 21.1. The summed E-state index contributed by atoms with van der Waals surface area (Å²) >= 11 is 0. The van der Waals surface area contributed by atoms with Crippen LogP contribution in [0.5, 0.6) is 0 Å². The summed E-state index contributed by atoms with van der Waals surface area (Å²) in [5, 5.41) is 0. The first-order chi connectivity index (χ1) is 8.39. The number of nitrogen functional groups attached to an aromatic ring is 1. The van der Waals surface area contributed by atoms with Crippen molar-refractivity contribution >= 4 is 11.4 Å². The van der Waals surface area contributed by atoms with E-state index < -0.39 is 11.7 Å². The van der Waals surface area contributed by atoms with Crippen LogP contribution in [0.1, 0.15) is 31.7 Å². The van der Waals surface area contributed by atoms with Crippen LogP contribution in [-0.2, 0) is 6.18 Å². The van der Waals surface area contributed by atoms with Gasteiger partial charge in [-0.3, -0.25) is 0 Å². The standard InChI is InChI=1S/C13H17F3N2/c1-9-4-2-3-7-18(9)10-5-6-12(17)11(8-10)13(14,15)16/h5-6,8-9H,2-4,7,17H2,1H3. The van der Waals surface area contributed by atoms with Crippen LogP contribution in [0.15, 0.2) is 18.2 Å². The van der Waals surface area contributed by atoms with E-state index >= 15 is 0 Å². The predicted octanol–water partition coefficient (Wildman–Crippen LogP) is 3.67. The highest BCUT2D eigenvalue weighted by Gasteiger charge is 2.34. The minimum absolute atomic E-state index is 0.212. The van der Waals surface area contributed by atoms with Gasteiger partial charge in [0.2, 0.25) is 0 Å². The molecule has 0 aliphatic carbocycles. The van der Waals surface area contributed by atoms with E-state index in [0.29, 0.717) is 5.69 Å². The first-order valence-corrected chi connectivity index (χ1v) is 6.13. The molecule has 2 rings (SSSR count). The fourth-order valence-corrected chi connectivity index (χ4v) is 2.45. The van der Waals surface area contributed by atoms with Crippen molar-refractivity contribution < 1.29 is 13.2 Å². The van der Waals surface area contributed by atoms with Crippen molar-refractivity contribution in [3.63, 3.8) is 0 Å². The molecular weight excluding hydrogens is 241 g/mol. The molecule has 5 heteroatoms. The number of piperidine rings is 1. The molecule has 0 amide bonds. The summed E-state index contributed by atoms with van der Waals surface area (Å²) in [5.41, 5.74) is 5.07. The molecule has 1 fully saturated rings. The summed E-state index contributed by atoms with van der Waals surface area (Å²) in [4.78, 5) is 2.03. The SMILES string of the molecule is CC1CCCCN1c1ccc(N)c(C(F)(F)F)c1. The monoisotopic (exact) mass is 258 g/mol. The Hall–Kier alpha value is -1.39. The third kappa shape index (κ3) is 2.54. The van der Waals surface area contributed by atoms with Gasteiger partial charge in [0, 0.05) is 24.0 Å². The smallest absolute Gasteiger partial charge is 0.398 e. The fourth-order valence-electron chi connectivity index (χ4n) is 2.45. The van der Waals surface area contributed by atoms with Crippen molar-refractivity contribution in [3.05, 3.63) is 23.8 Å². The molecule has 100 valence electrons. The summed E-state index contributed by atoms with van der Waals surface area (Å²) in [6.07, 6.45) is -1.21. The Morgan fingerprint density at radius 3 is 2.61 bits per heavy atom. The molecule has 2 nitrogen and oxygen atoms in total. The number of alkyl halides is 3. The van der Waals surface area contributed by atoms with Gasteiger partial charge in [0.25, 0.3) is 0 Å². The number of hydrogen-bond acceptors (Lipinski definition) is 2. The zero-order chi connectivity index (χ0) is 13.3. The van der Waals surface area contributed by atoms with E-state index in [-0.39, 0.29) is 11.7 Å². The maximum Gasteiger partial charge on any atom is 0.418 e. The molecule has 1 aliphatic heterocycles. The Balaban J connectivity index is 2.34. The summed E-state index contributed by atoms with van der Waals surface area (Å²) in [6.45, 7) is 2.85. The summed E-state index contributed by atoms with van der Waals surface area (Å²) in [5.74, 6) is 0. The van der Waals surface area contributed by atoms with Crippen molar-refractivity contribution in [3.8, 4) is 0 Å². The quantitative estimate of drug-likeness (QED) is 0.779. The van der Waals surface area contributed by atoms with Gasteiger partial charge >= 0.3 is 6.18 Å². The lowest BCUT2D eigenvalue weighted by Gasteiger charge is -2.35. The molecule has 0 radical (unpaired) electrons. The fraction of sp³-hybridized carbons (Fsp3) is 0.538. The number of nitrogens with zero attached hydrogens (tertiary/aromatic N) is 1. The van der Waals surface area contributed by atoms with E-state index in [0.717, 1.165) is 31.9 Å². The maximum absolute atomic E-state index is 12.8. The zero-order valence-corrected chi connectivity index (χ0v) is 10.3. The Morgan fingerprint density at radius 1 is 1.28 bits per heavy atom. The lowest BCUT2D eigenvalue weighted by atomic mass is 10.0. The van der Waals surface area contributed by atoms with Gasteiger partial charge in [0.15, 0.2) is 0 Å². The third-order valence-corrected chi connectivity index (χ3v) is 3.48. The highest BCUT2D eigenvalue weighted by atomic mass is 19.4. The molecule has 1 aromatic rings. The molecule has 18 heavy (non-hydrogen) atoms. The number of benzene rings is 1. The molecule has 0 bridgehead atoms. The van der Waals surface area contributed by atoms with Crippen molar-refractivity contribution in [2.75, 3.05) is 17.2 Å². The Labute approximate surface area is 105 Å². The highest BCUT2D eigenvalue weighted by molar-refractivity contribution is 5.60. The van der Waals surface area contributed by atoms with Gasteiger partial charge in [-0.2, -0.15) is 13.2 Å². The average Bonchev–Trinajstić information content (AvgIpc) is 2.29. The molecule has 0 saturated carbocycles. The average molecular weight is 258 g/mol. The van der Waals surface area contributed by atoms with E-state index in [9.17, 15) is 13.2 Å². The minimum Gasteiger partial charge on any atom is -0.398 e. The van der Waals surface area contributed by atoms with Gasteiger partial charge in [-0.25, -0.2) is 0 Å². The van der Waals surface area contributed by atoms with Crippen LogP contribution in [0.3, 0.4) is 0 Å². The van der Waals surface area contributed by atoms with Crippen LogP contribution in [0.25, 0.3) is 0 Å². The largest absolute Gasteiger partial charge is 0.418 e. The molecule has 1 aromatic carbocycles. The van der Waals surface area contributed by atoms with Gasteiger partial charge in [-0.05, 0) is 44.4 Å². The molecule has 1 saturated heterocycles. The second-order valence-electron chi connectivity index (χ2n) is 4.81. The second-order valence-corrected chi connectivity index (χ2v) is 4.81. The van der Waals surface area contributed by atoms with Gasteiger partial charge in [0.1, 0.15) is 0 Å². The summed E-state index contributed by atoms with van der Waals surface area (Å²) in [6, 6.07) is 4.46. The number of anilines is 2. The van der Waals surface area contributed by atoms with Gasteiger partial charge in [-0.15, -0.1) is 0 Å². The molecule has 1 aliphatic rings. The van der Waals surface area contributed by atoms with Crippen molar-refractivity contribution in [2.45, 2.75) is 38.4 Å². The van der Waals surface area contributed by atoms with Crippen LogP contribution >= 0.6 is 0 Å². The number of rotatable bonds is 1. The Bertz CT molecular complexity index is 429. The first kappa shape index (κ1) is 13.1. The molecule has 0 spiro atoms. The number of nitrogens with two attached hydrogens (primary N) is 1. The topological polar surface area (TPSA) is 29.3 Å². The predicted molar refractivity (Wildman–Crippen MR) is 66.5 cm³/mol. The van der Waals surface area contributed by atoms with Crippen molar-refractivity contribution in [1.29, 1.82) is 0 Å². The molecule has 2 N–H and O–H groups in total. The lowest BCUT2D eigenvalue weighted by Crippen LogP contribution is -2.37. The summed E-state index contributed by atoms with van der Waals surface area (Å²) < 4.78 is 38.4. The second kappa shape index (κ2) is 4.71. The first-order valence-electron chi connectivity index (χ1n) is 6.13. The van der Waals surface area contributed by atoms with E-state index in [1.54, 1.807) is 6.07 Å². The Morgan fingerprint density at radius 2 is 2.00 bits per heavy atom. The van der Waals surface area contributed by atoms with Crippen LogP contribution < -0.4 is 10.6 Å². The maximum atomic E-state index is 12.8. The van der Waals surface area contributed by atoms with Crippen LogP contribution in [0.4, 0.5) is 24.5 Å². The van der Waals surface area contributed by atoms with Crippen LogP contribution in [0, 0.1) is 0 Å². The van der Waals surface area contributed by atoms with Crippen molar-refractivity contribution in [1.82, 2.24) is 0 Å². The van der Waals surface area contributed by atoms with E-state index in [4.69, 9.17) is 5.73 Å². The van der Waals surface area contributed by atoms with E-state index in [2.05, 4.69) is 0 Å². The third-order valence-electron chi connectivity index (χ3n) is 3.48. The number of halogens is 3. The Kier molecular flexibility index (Phi) is 3.41. The minimum atomic E-state index is -4.39. The summed E-state index contributed by atoms with van der Waals surface area (Å²) in [7, 11) is 0. The molecular formula is C13H17F3N2. The number of hydrogen-bond donors (Lipinski definition) is 1. The van der Waals surface area contributed by atoms with Crippen molar-refractivity contribution in [2.24, 2.45) is 0 Å². The lowest BCUT2D eigenvalue weighted by molar-refractivity contribution is -0.136. The zero-order valence-electron chi connectivity index (χ0n) is 10.3. The van der Waals surface area contributed by atoms with E-state index in [1.165, 1.54) is 6.07 Å². The van der Waals surface area contributed by atoms with E-state index in [1.807, 2.05) is 11.8 Å². The molecule has 0 aromatic heterocycles. The van der Waals surface area contributed by atoms with Gasteiger partial charge in [-0.1, -0.05) is 0 Å². The highest BCUT2D eigenvalue weighted by Crippen LogP contribution is 2.37. The van der Waals surface area contributed by atoms with Crippen LogP contribution in [0.2, 0.25) is 0 Å². The molecule has 1 unspecified atom stereocenters. The molecule has 1 atom stereocenters.